The van der Waals surface area contributed by atoms with E-state index < -0.39 is 29.4 Å². The predicted octanol–water partition coefficient (Wildman–Crippen LogP) is 1.19. The Morgan fingerprint density at radius 2 is 2.00 bits per heavy atom. The lowest BCUT2D eigenvalue weighted by molar-refractivity contribution is -0.135. The van der Waals surface area contributed by atoms with Gasteiger partial charge in [-0.2, -0.15) is 30.2 Å². The predicted molar refractivity (Wildman–Crippen MR) is 70.5 cm³/mol. The number of likely N-dealkylation sites (N-methyl/N-ethyl adjacent to an activating group) is 1. The molecule has 0 bridgehead atoms. The van der Waals surface area contributed by atoms with E-state index in [1.54, 1.807) is 7.05 Å². The first-order valence-electron chi connectivity index (χ1n) is 6.63. The molecule has 0 radical (unpaired) electrons. The van der Waals surface area contributed by atoms with Gasteiger partial charge in [0.25, 0.3) is 10.2 Å². The molecule has 1 rings (SSSR count). The van der Waals surface area contributed by atoms with Crippen molar-refractivity contribution in [2.45, 2.75) is 37.9 Å². The van der Waals surface area contributed by atoms with Gasteiger partial charge in [-0.15, -0.1) is 0 Å². The molecule has 20 heavy (non-hydrogen) atoms. The van der Waals surface area contributed by atoms with Crippen LogP contribution in [0.3, 0.4) is 0 Å². The van der Waals surface area contributed by atoms with Crippen LogP contribution in [0.15, 0.2) is 0 Å². The fourth-order valence-electron chi connectivity index (χ4n) is 2.30. The van der Waals surface area contributed by atoms with Crippen molar-refractivity contribution in [3.63, 3.8) is 0 Å². The second-order valence-corrected chi connectivity index (χ2v) is 7.00. The molecule has 0 spiro atoms. The normalized spacial score (nSPS) is 22.4. The van der Waals surface area contributed by atoms with Crippen molar-refractivity contribution >= 4 is 10.2 Å². The van der Waals surface area contributed by atoms with Gasteiger partial charge in [-0.05, 0) is 19.9 Å². The average molecular weight is 317 g/mol. The zero-order chi connectivity index (χ0) is 15.4. The number of hydrogen-bond acceptors (Lipinski definition) is 3. The first kappa shape index (κ1) is 17.7. The van der Waals surface area contributed by atoms with Crippen molar-refractivity contribution in [1.82, 2.24) is 13.9 Å². The topological polar surface area (TPSA) is 52.7 Å². The highest BCUT2D eigenvalue weighted by Crippen LogP contribution is 2.24. The molecule has 1 aliphatic heterocycles. The molecule has 1 unspecified atom stereocenters. The second kappa shape index (κ2) is 7.06. The largest absolute Gasteiger partial charge is 0.390 e. The molecular formula is C11H22F3N3O2S. The number of hydrogen-bond donors (Lipinski definition) is 1. The van der Waals surface area contributed by atoms with Crippen LogP contribution in [0, 0.1) is 0 Å². The third-order valence-electron chi connectivity index (χ3n) is 3.41. The molecule has 1 heterocycles. The smallest absolute Gasteiger partial charge is 0.318 e. The molecule has 1 fully saturated rings. The minimum Gasteiger partial charge on any atom is -0.318 e. The summed E-state index contributed by atoms with van der Waals surface area (Å²) in [7, 11) is -0.900. The van der Waals surface area contributed by atoms with Gasteiger partial charge in [0.1, 0.15) is 0 Å². The van der Waals surface area contributed by atoms with Gasteiger partial charge in [0.2, 0.25) is 0 Å². The molecule has 1 saturated heterocycles. The van der Waals surface area contributed by atoms with Crippen molar-refractivity contribution in [2.24, 2.45) is 0 Å². The van der Waals surface area contributed by atoms with E-state index in [1.807, 2.05) is 0 Å². The van der Waals surface area contributed by atoms with Crippen LogP contribution in [0.25, 0.3) is 0 Å². The van der Waals surface area contributed by atoms with Crippen LogP contribution in [0.4, 0.5) is 13.2 Å². The second-order valence-electron chi connectivity index (χ2n) is 5.01. The Kier molecular flexibility index (Phi) is 6.24. The summed E-state index contributed by atoms with van der Waals surface area (Å²) in [5.41, 5.74) is 0. The molecule has 0 aromatic rings. The van der Waals surface area contributed by atoms with Gasteiger partial charge in [-0.1, -0.05) is 6.42 Å². The average Bonchev–Trinajstić information content (AvgIpc) is 2.36. The van der Waals surface area contributed by atoms with E-state index in [0.29, 0.717) is 13.1 Å². The van der Waals surface area contributed by atoms with E-state index in [1.165, 1.54) is 11.4 Å². The maximum Gasteiger partial charge on any atom is 0.390 e. The quantitative estimate of drug-likeness (QED) is 0.801. The molecule has 0 aliphatic carbocycles. The minimum absolute atomic E-state index is 0.188. The van der Waals surface area contributed by atoms with Crippen LogP contribution in [0.5, 0.6) is 0 Å². The number of halogens is 3. The summed E-state index contributed by atoms with van der Waals surface area (Å²) in [6.07, 6.45) is -3.08. The van der Waals surface area contributed by atoms with E-state index >= 15 is 0 Å². The fraction of sp³-hybridized carbons (Fsp3) is 1.00. The Balaban J connectivity index is 2.74. The Morgan fingerprint density at radius 3 is 2.55 bits per heavy atom. The molecule has 0 aromatic carbocycles. The molecular weight excluding hydrogens is 295 g/mol. The number of alkyl halides is 3. The number of nitrogens with zero attached hydrogens (tertiary/aromatic N) is 2. The fourth-order valence-corrected chi connectivity index (χ4v) is 3.89. The SMILES string of the molecule is CNCC1CCCCN1S(=O)(=O)N(C)CCC(F)(F)F. The van der Waals surface area contributed by atoms with Gasteiger partial charge in [-0.25, -0.2) is 0 Å². The highest BCUT2D eigenvalue weighted by molar-refractivity contribution is 7.86. The van der Waals surface area contributed by atoms with E-state index in [0.717, 1.165) is 23.6 Å². The molecule has 1 N–H and O–H groups in total. The number of rotatable bonds is 6. The number of piperidine rings is 1. The van der Waals surface area contributed by atoms with Crippen molar-refractivity contribution in [2.75, 3.05) is 33.7 Å². The van der Waals surface area contributed by atoms with Crippen LogP contribution >= 0.6 is 0 Å². The van der Waals surface area contributed by atoms with Gasteiger partial charge >= 0.3 is 6.18 Å². The van der Waals surface area contributed by atoms with Crippen molar-refractivity contribution in [3.05, 3.63) is 0 Å². The third-order valence-corrected chi connectivity index (χ3v) is 5.46. The summed E-state index contributed by atoms with van der Waals surface area (Å²) in [4.78, 5) is 0. The van der Waals surface area contributed by atoms with Crippen molar-refractivity contribution in [1.29, 1.82) is 0 Å². The number of nitrogens with one attached hydrogen (secondary N) is 1. The summed E-state index contributed by atoms with van der Waals surface area (Å²) in [6, 6.07) is -0.188. The molecule has 5 nitrogen and oxygen atoms in total. The zero-order valence-corrected chi connectivity index (χ0v) is 12.6. The lowest BCUT2D eigenvalue weighted by Crippen LogP contribution is -2.52. The van der Waals surface area contributed by atoms with Crippen LogP contribution in [-0.2, 0) is 10.2 Å². The van der Waals surface area contributed by atoms with E-state index in [-0.39, 0.29) is 6.04 Å². The summed E-state index contributed by atoms with van der Waals surface area (Å²) in [6.45, 7) is 0.325. The minimum atomic E-state index is -4.35. The highest BCUT2D eigenvalue weighted by Gasteiger charge is 2.36. The van der Waals surface area contributed by atoms with Crippen LogP contribution in [-0.4, -0.2) is 63.0 Å². The lowest BCUT2D eigenvalue weighted by Gasteiger charge is -2.37. The van der Waals surface area contributed by atoms with E-state index in [2.05, 4.69) is 5.32 Å². The Labute approximate surface area is 118 Å². The summed E-state index contributed by atoms with van der Waals surface area (Å²) >= 11 is 0. The monoisotopic (exact) mass is 317 g/mol. The maximum atomic E-state index is 12.3. The van der Waals surface area contributed by atoms with Crippen LogP contribution < -0.4 is 5.32 Å². The van der Waals surface area contributed by atoms with Gasteiger partial charge in [0, 0.05) is 32.7 Å². The van der Waals surface area contributed by atoms with Crippen molar-refractivity contribution in [3.8, 4) is 0 Å². The first-order chi connectivity index (χ1) is 9.18. The Morgan fingerprint density at radius 1 is 1.35 bits per heavy atom. The lowest BCUT2D eigenvalue weighted by atomic mass is 10.1. The van der Waals surface area contributed by atoms with Crippen molar-refractivity contribution < 1.29 is 21.6 Å². The Hall–Kier alpha value is -0.380. The molecule has 120 valence electrons. The van der Waals surface area contributed by atoms with Crippen LogP contribution in [0.1, 0.15) is 25.7 Å². The molecule has 1 aliphatic rings. The maximum absolute atomic E-state index is 12.3. The van der Waals surface area contributed by atoms with Crippen LogP contribution in [0.2, 0.25) is 0 Å². The summed E-state index contributed by atoms with van der Waals surface area (Å²) in [5.74, 6) is 0. The van der Waals surface area contributed by atoms with E-state index in [9.17, 15) is 21.6 Å². The third kappa shape index (κ3) is 4.87. The van der Waals surface area contributed by atoms with Gasteiger partial charge in [0.15, 0.2) is 0 Å². The molecule has 1 atom stereocenters. The molecule has 0 saturated carbocycles. The zero-order valence-electron chi connectivity index (χ0n) is 11.8. The standard InChI is InChI=1S/C11H22F3N3O2S/c1-15-9-10-5-3-4-7-17(10)20(18,19)16(2)8-6-11(12,13)14/h10,15H,3-9H2,1-2H3. The van der Waals surface area contributed by atoms with E-state index in [4.69, 9.17) is 0 Å². The molecule has 0 amide bonds. The first-order valence-corrected chi connectivity index (χ1v) is 8.02. The molecule has 9 heteroatoms. The molecule has 0 aromatic heterocycles. The summed E-state index contributed by atoms with van der Waals surface area (Å²) in [5, 5.41) is 2.93. The van der Waals surface area contributed by atoms with Gasteiger partial charge in [0.05, 0.1) is 6.42 Å². The van der Waals surface area contributed by atoms with Gasteiger partial charge in [-0.3, -0.25) is 0 Å². The van der Waals surface area contributed by atoms with Gasteiger partial charge < -0.3 is 5.32 Å². The Bertz CT molecular complexity index is 398. The highest BCUT2D eigenvalue weighted by atomic mass is 32.2. The summed E-state index contributed by atoms with van der Waals surface area (Å²) < 4.78 is 63.4.